The maximum atomic E-state index is 12.4. The van der Waals surface area contributed by atoms with Gasteiger partial charge in [-0.05, 0) is 17.8 Å². The van der Waals surface area contributed by atoms with Crippen molar-refractivity contribution in [2.45, 2.75) is 0 Å². The summed E-state index contributed by atoms with van der Waals surface area (Å²) in [5.74, 6) is 0.0834. The summed E-state index contributed by atoms with van der Waals surface area (Å²) in [4.78, 5) is 36.7. The van der Waals surface area contributed by atoms with E-state index < -0.39 is 23.7 Å². The molecular weight excluding hydrogens is 350 g/mol. The van der Waals surface area contributed by atoms with Gasteiger partial charge in [0.05, 0.1) is 38.9 Å². The van der Waals surface area contributed by atoms with Gasteiger partial charge in [-0.2, -0.15) is 0 Å². The van der Waals surface area contributed by atoms with Crippen molar-refractivity contribution >= 4 is 35.0 Å². The standard InChI is InChI=1S/C16H17NO7S/c1-21-9-5-11(22-2)10(12(6-9)23-3)7-13-15(19)17(16(20)25-13)8-14(18)24-4/h5-7H,8H2,1-4H3/b13-7-. The van der Waals surface area contributed by atoms with Crippen LogP contribution in [0.25, 0.3) is 6.08 Å². The fraction of sp³-hybridized carbons (Fsp3) is 0.312. The third-order valence-corrected chi connectivity index (χ3v) is 4.32. The van der Waals surface area contributed by atoms with Crippen molar-refractivity contribution in [1.82, 2.24) is 4.90 Å². The molecule has 2 amide bonds. The molecule has 25 heavy (non-hydrogen) atoms. The van der Waals surface area contributed by atoms with Gasteiger partial charge in [-0.3, -0.25) is 19.3 Å². The zero-order valence-electron chi connectivity index (χ0n) is 14.2. The lowest BCUT2D eigenvalue weighted by Crippen LogP contribution is -2.34. The number of esters is 1. The van der Waals surface area contributed by atoms with E-state index in [1.54, 1.807) is 12.1 Å². The SMILES string of the molecule is COC(=O)CN1C(=O)S/C(=C\c2c(OC)cc(OC)cc2OC)C1=O. The lowest BCUT2D eigenvalue weighted by molar-refractivity contribution is -0.143. The van der Waals surface area contributed by atoms with Crippen molar-refractivity contribution in [3.05, 3.63) is 22.6 Å². The van der Waals surface area contributed by atoms with Gasteiger partial charge < -0.3 is 18.9 Å². The third kappa shape index (κ3) is 3.87. The minimum atomic E-state index is -0.678. The van der Waals surface area contributed by atoms with Crippen LogP contribution in [0.15, 0.2) is 17.0 Å². The highest BCUT2D eigenvalue weighted by Gasteiger charge is 2.37. The predicted octanol–water partition coefficient (Wildman–Crippen LogP) is 1.92. The number of hydrogen-bond acceptors (Lipinski definition) is 8. The number of imide groups is 1. The molecule has 1 aromatic carbocycles. The van der Waals surface area contributed by atoms with E-state index in [9.17, 15) is 14.4 Å². The molecule has 0 radical (unpaired) electrons. The van der Waals surface area contributed by atoms with Crippen LogP contribution < -0.4 is 14.2 Å². The number of nitrogens with zero attached hydrogens (tertiary/aromatic N) is 1. The van der Waals surface area contributed by atoms with E-state index >= 15 is 0 Å². The molecule has 0 atom stereocenters. The minimum Gasteiger partial charge on any atom is -0.496 e. The summed E-state index contributed by atoms with van der Waals surface area (Å²) in [6, 6.07) is 3.26. The van der Waals surface area contributed by atoms with Crippen LogP contribution >= 0.6 is 11.8 Å². The number of carbonyl (C=O) groups excluding carboxylic acids is 3. The quantitative estimate of drug-likeness (QED) is 0.556. The molecule has 0 unspecified atom stereocenters. The molecule has 0 bridgehead atoms. The van der Waals surface area contributed by atoms with E-state index in [0.717, 1.165) is 16.7 Å². The number of rotatable bonds is 6. The Kier molecular flexibility index (Phi) is 5.92. The molecule has 8 nitrogen and oxygen atoms in total. The third-order valence-electron chi connectivity index (χ3n) is 3.42. The molecular formula is C16H17NO7S. The Morgan fingerprint density at radius 3 is 2.16 bits per heavy atom. The zero-order valence-corrected chi connectivity index (χ0v) is 15.0. The molecule has 9 heteroatoms. The smallest absolute Gasteiger partial charge is 0.325 e. The Morgan fingerprint density at radius 2 is 1.68 bits per heavy atom. The summed E-state index contributed by atoms with van der Waals surface area (Å²) in [7, 11) is 5.62. The summed E-state index contributed by atoms with van der Waals surface area (Å²) < 4.78 is 20.3. The van der Waals surface area contributed by atoms with Gasteiger partial charge in [0.25, 0.3) is 11.1 Å². The molecule has 2 rings (SSSR count). The van der Waals surface area contributed by atoms with Crippen molar-refractivity contribution in [1.29, 1.82) is 0 Å². The first kappa shape index (κ1) is 18.7. The number of benzene rings is 1. The van der Waals surface area contributed by atoms with E-state index in [1.807, 2.05) is 0 Å². The highest BCUT2D eigenvalue weighted by molar-refractivity contribution is 8.18. The second-order valence-corrected chi connectivity index (χ2v) is 5.78. The number of methoxy groups -OCH3 is 4. The number of amides is 2. The fourth-order valence-corrected chi connectivity index (χ4v) is 2.96. The Bertz CT molecular complexity index is 719. The maximum absolute atomic E-state index is 12.4. The van der Waals surface area contributed by atoms with Crippen LogP contribution in [0.1, 0.15) is 5.56 Å². The molecule has 1 aromatic rings. The van der Waals surface area contributed by atoms with Gasteiger partial charge in [0.2, 0.25) is 0 Å². The molecule has 0 spiro atoms. The van der Waals surface area contributed by atoms with Crippen LogP contribution in [0.5, 0.6) is 17.2 Å². The zero-order chi connectivity index (χ0) is 18.6. The van der Waals surface area contributed by atoms with Gasteiger partial charge in [-0.1, -0.05) is 0 Å². The largest absolute Gasteiger partial charge is 0.496 e. The summed E-state index contributed by atoms with van der Waals surface area (Å²) >= 11 is 0.726. The van der Waals surface area contributed by atoms with Crippen molar-refractivity contribution in [3.8, 4) is 17.2 Å². The summed E-state index contributed by atoms with van der Waals surface area (Å²) in [6.07, 6.45) is 1.49. The molecule has 1 saturated heterocycles. The van der Waals surface area contributed by atoms with Crippen LogP contribution in [0, 0.1) is 0 Å². The van der Waals surface area contributed by atoms with E-state index in [4.69, 9.17) is 14.2 Å². The van der Waals surface area contributed by atoms with Crippen LogP contribution in [0.2, 0.25) is 0 Å². The minimum absolute atomic E-state index is 0.149. The van der Waals surface area contributed by atoms with Gasteiger partial charge in [0.1, 0.15) is 23.8 Å². The van der Waals surface area contributed by atoms with Crippen molar-refractivity contribution in [2.75, 3.05) is 35.0 Å². The molecule has 1 heterocycles. The van der Waals surface area contributed by atoms with Crippen LogP contribution in [0.4, 0.5) is 4.79 Å². The van der Waals surface area contributed by atoms with E-state index in [-0.39, 0.29) is 4.91 Å². The van der Waals surface area contributed by atoms with E-state index in [0.29, 0.717) is 22.8 Å². The average Bonchev–Trinajstić information content (AvgIpc) is 2.88. The second kappa shape index (κ2) is 7.93. The van der Waals surface area contributed by atoms with Gasteiger partial charge in [0.15, 0.2) is 0 Å². The van der Waals surface area contributed by atoms with E-state index in [2.05, 4.69) is 4.74 Å². The Hall–Kier alpha value is -2.68. The second-order valence-electron chi connectivity index (χ2n) is 4.79. The molecule has 0 saturated carbocycles. The van der Waals surface area contributed by atoms with Crippen LogP contribution in [0.3, 0.4) is 0 Å². The number of thioether (sulfide) groups is 1. The first-order valence-corrected chi connectivity index (χ1v) is 7.89. The lowest BCUT2D eigenvalue weighted by atomic mass is 10.1. The molecule has 1 fully saturated rings. The molecule has 1 aliphatic heterocycles. The summed E-state index contributed by atoms with van der Waals surface area (Å²) in [6.45, 7) is -0.435. The van der Waals surface area contributed by atoms with Crippen LogP contribution in [-0.4, -0.2) is 57.0 Å². The van der Waals surface area contributed by atoms with Crippen molar-refractivity contribution < 1.29 is 33.3 Å². The number of ether oxygens (including phenoxy) is 4. The highest BCUT2D eigenvalue weighted by atomic mass is 32.2. The topological polar surface area (TPSA) is 91.4 Å². The summed E-state index contributed by atoms with van der Waals surface area (Å²) in [5.41, 5.74) is 0.481. The van der Waals surface area contributed by atoms with Crippen LogP contribution in [-0.2, 0) is 14.3 Å². The molecule has 134 valence electrons. The first-order chi connectivity index (χ1) is 11.9. The number of carbonyl (C=O) groups is 3. The molecule has 0 aromatic heterocycles. The van der Waals surface area contributed by atoms with Crippen molar-refractivity contribution in [3.63, 3.8) is 0 Å². The van der Waals surface area contributed by atoms with E-state index in [1.165, 1.54) is 34.5 Å². The monoisotopic (exact) mass is 367 g/mol. The van der Waals surface area contributed by atoms with Gasteiger partial charge in [-0.15, -0.1) is 0 Å². The average molecular weight is 367 g/mol. The Morgan fingerprint density at radius 1 is 1.08 bits per heavy atom. The van der Waals surface area contributed by atoms with Gasteiger partial charge in [-0.25, -0.2) is 0 Å². The van der Waals surface area contributed by atoms with Gasteiger partial charge >= 0.3 is 5.97 Å². The molecule has 0 N–H and O–H groups in total. The fourth-order valence-electron chi connectivity index (χ4n) is 2.14. The molecule has 1 aliphatic rings. The molecule has 0 aliphatic carbocycles. The first-order valence-electron chi connectivity index (χ1n) is 7.07. The highest BCUT2D eigenvalue weighted by Crippen LogP contribution is 2.39. The summed E-state index contributed by atoms with van der Waals surface area (Å²) in [5, 5.41) is -0.548. The van der Waals surface area contributed by atoms with Crippen molar-refractivity contribution in [2.24, 2.45) is 0 Å². The lowest BCUT2D eigenvalue weighted by Gasteiger charge is -2.13. The normalized spacial score (nSPS) is 15.5. The van der Waals surface area contributed by atoms with Gasteiger partial charge in [0, 0.05) is 12.1 Å². The predicted molar refractivity (Wildman–Crippen MR) is 90.8 cm³/mol. The number of hydrogen-bond donors (Lipinski definition) is 0. The Labute approximate surface area is 148 Å². The Balaban J connectivity index is 2.42. The maximum Gasteiger partial charge on any atom is 0.325 e.